The first-order valence-corrected chi connectivity index (χ1v) is 14.5. The summed E-state index contributed by atoms with van der Waals surface area (Å²) in [7, 11) is 0. The second-order valence-electron chi connectivity index (χ2n) is 10.8. The average Bonchev–Trinajstić information content (AvgIpc) is 3.02. The topological polar surface area (TPSA) is 85.4 Å². The van der Waals surface area contributed by atoms with Gasteiger partial charge in [-0.1, -0.05) is 96.4 Å². The number of fused-ring (bicyclic) bond motifs is 1. The standard InChI is InChI=1S/C34H37N5O4/c1-3-18-37-24-32(40)38-30(21-27-16-14-26(2)15-17-27)33(41)36(19-20-43-25-29-12-8-5-9-13-29)23-31(38)39(37)34(42)35-22-28-10-6-4-7-11-28/h1,4-17,30-31H,18-25H2,2H3,(H,35,42)/t30-,31?/m0/s1. The molecule has 3 aromatic carbocycles. The van der Waals surface area contributed by atoms with E-state index in [0.29, 0.717) is 32.7 Å². The molecule has 2 aliphatic heterocycles. The fourth-order valence-electron chi connectivity index (χ4n) is 5.58. The van der Waals surface area contributed by atoms with Gasteiger partial charge in [0.05, 0.1) is 32.8 Å². The van der Waals surface area contributed by atoms with Crippen molar-refractivity contribution in [2.24, 2.45) is 0 Å². The minimum Gasteiger partial charge on any atom is -0.375 e. The van der Waals surface area contributed by atoms with Gasteiger partial charge in [-0.3, -0.25) is 9.59 Å². The maximum Gasteiger partial charge on any atom is 0.334 e. The first-order valence-electron chi connectivity index (χ1n) is 14.5. The summed E-state index contributed by atoms with van der Waals surface area (Å²) in [5, 5.41) is 6.10. The van der Waals surface area contributed by atoms with Crippen LogP contribution in [0.25, 0.3) is 0 Å². The number of piperazine rings is 1. The molecule has 0 radical (unpaired) electrons. The van der Waals surface area contributed by atoms with Crippen LogP contribution >= 0.6 is 0 Å². The third-order valence-electron chi connectivity index (χ3n) is 7.77. The van der Waals surface area contributed by atoms with Crippen LogP contribution in [-0.2, 0) is 33.9 Å². The number of hydrogen-bond acceptors (Lipinski definition) is 5. The Morgan fingerprint density at radius 2 is 1.63 bits per heavy atom. The van der Waals surface area contributed by atoms with E-state index >= 15 is 0 Å². The van der Waals surface area contributed by atoms with Crippen molar-refractivity contribution >= 4 is 17.8 Å². The van der Waals surface area contributed by atoms with Crippen molar-refractivity contribution in [2.75, 3.05) is 32.8 Å². The Morgan fingerprint density at radius 3 is 2.30 bits per heavy atom. The largest absolute Gasteiger partial charge is 0.375 e. The summed E-state index contributed by atoms with van der Waals surface area (Å²) in [4.78, 5) is 44.7. The predicted molar refractivity (Wildman–Crippen MR) is 163 cm³/mol. The van der Waals surface area contributed by atoms with E-state index in [-0.39, 0.29) is 37.5 Å². The van der Waals surface area contributed by atoms with Crippen molar-refractivity contribution in [3.63, 3.8) is 0 Å². The highest BCUT2D eigenvalue weighted by molar-refractivity contribution is 5.91. The summed E-state index contributed by atoms with van der Waals surface area (Å²) >= 11 is 0. The molecule has 222 valence electrons. The number of nitrogens with one attached hydrogen (secondary N) is 1. The lowest BCUT2D eigenvalue weighted by atomic mass is 9.98. The van der Waals surface area contributed by atoms with Gasteiger partial charge in [0.15, 0.2) is 0 Å². The summed E-state index contributed by atoms with van der Waals surface area (Å²) in [6.07, 6.45) is 5.27. The van der Waals surface area contributed by atoms with Crippen LogP contribution in [0.2, 0.25) is 0 Å². The molecule has 3 aromatic rings. The van der Waals surface area contributed by atoms with Crippen molar-refractivity contribution < 1.29 is 19.1 Å². The van der Waals surface area contributed by atoms with E-state index in [1.165, 1.54) is 5.01 Å². The zero-order chi connectivity index (χ0) is 30.2. The summed E-state index contributed by atoms with van der Waals surface area (Å²) in [6.45, 7) is 3.49. The van der Waals surface area contributed by atoms with Crippen molar-refractivity contribution in [3.05, 3.63) is 107 Å². The minimum absolute atomic E-state index is 0.0750. The Kier molecular flexibility index (Phi) is 9.72. The number of ether oxygens (including phenoxy) is 1. The van der Waals surface area contributed by atoms with Crippen molar-refractivity contribution in [2.45, 2.75) is 38.7 Å². The predicted octanol–water partition coefficient (Wildman–Crippen LogP) is 3.20. The molecule has 5 rings (SSSR count). The highest BCUT2D eigenvalue weighted by Gasteiger charge is 2.51. The molecule has 0 aliphatic carbocycles. The van der Waals surface area contributed by atoms with Crippen LogP contribution in [0.4, 0.5) is 4.79 Å². The molecule has 1 unspecified atom stereocenters. The number of nitrogens with zero attached hydrogens (tertiary/aromatic N) is 4. The van der Waals surface area contributed by atoms with Crippen molar-refractivity contribution in [1.82, 2.24) is 25.1 Å². The Labute approximate surface area is 253 Å². The van der Waals surface area contributed by atoms with Crippen LogP contribution in [0.15, 0.2) is 84.9 Å². The summed E-state index contributed by atoms with van der Waals surface area (Å²) in [5.41, 5.74) is 4.02. The normalized spacial score (nSPS) is 18.7. The second-order valence-corrected chi connectivity index (χ2v) is 10.8. The number of terminal acetylenes is 1. The van der Waals surface area contributed by atoms with E-state index in [1.807, 2.05) is 91.9 Å². The SMILES string of the molecule is C#CCN1CC(=O)N2C(CN(CCOCc3ccccc3)C(=O)[C@@H]2Cc2ccc(C)cc2)N1C(=O)NCc1ccccc1. The molecule has 9 heteroatoms. The van der Waals surface area contributed by atoms with E-state index in [2.05, 4.69) is 11.2 Å². The highest BCUT2D eigenvalue weighted by atomic mass is 16.5. The van der Waals surface area contributed by atoms with Gasteiger partial charge in [-0.15, -0.1) is 6.42 Å². The Bertz CT molecular complexity index is 1440. The molecule has 2 saturated heterocycles. The number of amides is 4. The number of carbonyl (C=O) groups is 3. The van der Waals surface area contributed by atoms with Gasteiger partial charge in [-0.2, -0.15) is 5.01 Å². The van der Waals surface area contributed by atoms with E-state index in [9.17, 15) is 14.4 Å². The van der Waals surface area contributed by atoms with Gasteiger partial charge in [-0.05, 0) is 23.6 Å². The number of benzene rings is 3. The molecular weight excluding hydrogens is 542 g/mol. The summed E-state index contributed by atoms with van der Waals surface area (Å²) < 4.78 is 5.91. The van der Waals surface area contributed by atoms with E-state index in [4.69, 9.17) is 11.2 Å². The lowest BCUT2D eigenvalue weighted by Gasteiger charge is -2.54. The molecule has 1 N–H and O–H groups in total. The molecule has 0 saturated carbocycles. The van der Waals surface area contributed by atoms with Gasteiger partial charge >= 0.3 is 6.03 Å². The highest BCUT2D eigenvalue weighted by Crippen LogP contribution is 2.28. The van der Waals surface area contributed by atoms with Crippen LogP contribution in [0.3, 0.4) is 0 Å². The van der Waals surface area contributed by atoms with Gasteiger partial charge in [0.2, 0.25) is 11.8 Å². The van der Waals surface area contributed by atoms with E-state index < -0.39 is 12.2 Å². The number of carbonyl (C=O) groups excluding carboxylic acids is 3. The monoisotopic (exact) mass is 579 g/mol. The van der Waals surface area contributed by atoms with Gasteiger partial charge < -0.3 is 19.9 Å². The first kappa shape index (κ1) is 29.8. The Balaban J connectivity index is 1.40. The summed E-state index contributed by atoms with van der Waals surface area (Å²) in [6, 6.07) is 26.2. The minimum atomic E-state index is -0.777. The molecule has 2 heterocycles. The lowest BCUT2D eigenvalue weighted by molar-refractivity contribution is -0.189. The molecule has 9 nitrogen and oxygen atoms in total. The third-order valence-corrected chi connectivity index (χ3v) is 7.77. The van der Waals surface area contributed by atoms with Crippen LogP contribution < -0.4 is 5.32 Å². The number of urea groups is 1. The van der Waals surface area contributed by atoms with Gasteiger partial charge in [0.1, 0.15) is 12.2 Å². The maximum absolute atomic E-state index is 14.0. The van der Waals surface area contributed by atoms with Crippen LogP contribution in [0, 0.1) is 19.3 Å². The number of hydrazine groups is 1. The fourth-order valence-corrected chi connectivity index (χ4v) is 5.58. The smallest absolute Gasteiger partial charge is 0.334 e. The first-order chi connectivity index (χ1) is 20.9. The fraction of sp³-hybridized carbons (Fsp3) is 0.324. The zero-order valence-corrected chi connectivity index (χ0v) is 24.4. The zero-order valence-electron chi connectivity index (χ0n) is 24.4. The molecule has 0 spiro atoms. The molecule has 0 aromatic heterocycles. The van der Waals surface area contributed by atoms with Gasteiger partial charge in [0, 0.05) is 19.5 Å². The quantitative estimate of drug-likeness (QED) is 0.295. The molecule has 43 heavy (non-hydrogen) atoms. The maximum atomic E-state index is 14.0. The van der Waals surface area contributed by atoms with Gasteiger partial charge in [0.25, 0.3) is 0 Å². The van der Waals surface area contributed by atoms with E-state index in [0.717, 1.165) is 22.3 Å². The van der Waals surface area contributed by atoms with Crippen molar-refractivity contribution in [3.8, 4) is 12.3 Å². The molecule has 2 atom stereocenters. The average molecular weight is 580 g/mol. The van der Waals surface area contributed by atoms with Gasteiger partial charge in [-0.25, -0.2) is 9.80 Å². The van der Waals surface area contributed by atoms with E-state index in [1.54, 1.807) is 14.8 Å². The summed E-state index contributed by atoms with van der Waals surface area (Å²) in [5.74, 6) is 2.18. The number of aryl methyl sites for hydroxylation is 1. The third kappa shape index (κ3) is 7.23. The molecule has 0 bridgehead atoms. The lowest BCUT2D eigenvalue weighted by Crippen LogP contribution is -2.76. The molecule has 2 fully saturated rings. The molecule has 2 aliphatic rings. The Morgan fingerprint density at radius 1 is 0.953 bits per heavy atom. The van der Waals surface area contributed by atoms with Crippen LogP contribution in [0.1, 0.15) is 22.3 Å². The van der Waals surface area contributed by atoms with Crippen LogP contribution in [0.5, 0.6) is 0 Å². The second kappa shape index (κ2) is 14.0. The van der Waals surface area contributed by atoms with Crippen molar-refractivity contribution in [1.29, 1.82) is 0 Å². The molecule has 4 amide bonds. The number of rotatable bonds is 10. The number of hydrogen-bond donors (Lipinski definition) is 1. The Hall–Kier alpha value is -4.65. The van der Waals surface area contributed by atoms with Crippen LogP contribution in [-0.4, -0.2) is 82.7 Å². The molecular formula is C34H37N5O4.